The Morgan fingerprint density at radius 3 is 0.500 bits per heavy atom. The number of rotatable bonds is 0. The van der Waals surface area contributed by atoms with Crippen LogP contribution in [0.3, 0.4) is 0 Å². The first-order valence-corrected chi connectivity index (χ1v) is 0. The first kappa shape index (κ1) is 236. The molecule has 0 bridgehead atoms. The van der Waals surface area contributed by atoms with Gasteiger partial charge < -0.3 is 46.0 Å². The Morgan fingerprint density at radius 1 is 0.500 bits per heavy atom. The minimum Gasteiger partial charge on any atom is -1.00 e. The van der Waals surface area contributed by atoms with Crippen LogP contribution < -0.4 is 18.9 Å². The Hall–Kier alpha value is 1.79. The summed E-state index contributed by atoms with van der Waals surface area (Å²) in [5, 5.41) is 0. The van der Waals surface area contributed by atoms with Crippen LogP contribution in [0.5, 0.6) is 0 Å². The summed E-state index contributed by atoms with van der Waals surface area (Å²) in [6.07, 6.45) is 0. The van der Waals surface area contributed by atoms with Gasteiger partial charge in [-0.25, -0.2) is 0 Å². The van der Waals surface area contributed by atoms with Gasteiger partial charge in [-0.2, -0.15) is 0 Å². The summed E-state index contributed by atoms with van der Waals surface area (Å²) in [6.45, 7) is 0. The fourth-order valence-electron chi connectivity index (χ4n) is 0. The van der Waals surface area contributed by atoms with Crippen LogP contribution in [0.1, 0.15) is 1.43 Å². The van der Waals surface area contributed by atoms with E-state index in [2.05, 4.69) is 0 Å². The van der Waals surface area contributed by atoms with Gasteiger partial charge in [-0.3, -0.25) is 0 Å². The molecule has 0 aromatic rings. The van der Waals surface area contributed by atoms with Gasteiger partial charge in [-0.05, 0) is 0 Å². The summed E-state index contributed by atoms with van der Waals surface area (Å²) in [5.41, 5.74) is 0. The average molecular weight is 237 g/mol. The molecule has 0 aliphatic carbocycles. The average Bonchev–Trinajstić information content (AvgIpc) is 0. The van der Waals surface area contributed by atoms with Crippen molar-refractivity contribution >= 4 is 0 Å². The summed E-state index contributed by atoms with van der Waals surface area (Å²) < 4.78 is 0. The smallest absolute Gasteiger partial charge is 1.00 e. The molecule has 2 heteroatoms. The van der Waals surface area contributed by atoms with E-state index in [9.17, 15) is 0 Å². The zero-order valence-electron chi connectivity index (χ0n) is 8.58. The van der Waals surface area contributed by atoms with Gasteiger partial charge in [0.2, 0.25) is 0 Å². The van der Waals surface area contributed by atoms with Crippen LogP contribution in [0, 0.1) is 80.2 Å². The maximum Gasteiger partial charge on any atom is 1.00 e. The predicted molar refractivity (Wildman–Crippen MR) is 39.6 cm³/mol. The first-order valence-electron chi connectivity index (χ1n) is 0. The first-order chi connectivity index (χ1) is 0. The molecule has 0 amide bonds. The predicted octanol–water partition coefficient (Wildman–Crippen LogP) is -0.182. The van der Waals surface area contributed by atoms with Crippen LogP contribution in [-0.4, -0.2) is 0 Å². The van der Waals surface area contributed by atoms with Gasteiger partial charge in [0.1, 0.15) is 0 Å². The fourth-order valence-corrected chi connectivity index (χ4v) is 0. The minimum atomic E-state index is 0. The van der Waals surface area contributed by atoms with Gasteiger partial charge in [-0.15, -0.1) is 0 Å². The third-order valence-corrected chi connectivity index (χ3v) is 0. The van der Waals surface area contributed by atoms with E-state index in [1.54, 1.807) is 0 Å². The van der Waals surface area contributed by atoms with E-state index in [0.717, 1.165) is 0 Å². The van der Waals surface area contributed by atoms with Gasteiger partial charge in [0.05, 0.1) is 0 Å². The van der Waals surface area contributed by atoms with Crippen LogP contribution in [0.25, 0.3) is 0 Å². The molecule has 0 spiro atoms. The van der Waals surface area contributed by atoms with Gasteiger partial charge >= 0.3 is 18.9 Å². The maximum absolute atomic E-state index is 0. The monoisotopic (exact) mass is 237 g/mol. The topological polar surface area (TPSA) is 0 Å². The van der Waals surface area contributed by atoms with Crippen molar-refractivity contribution in [2.45, 2.75) is 0 Å². The fraction of sp³-hybridized carbons (Fsp3) is 0. The number of hydrogen-bond donors (Lipinski definition) is 0. The largest absolute Gasteiger partial charge is 1.00 e. The second-order valence-electron chi connectivity index (χ2n) is 0. The molecule has 0 aromatic heterocycles. The Balaban J connectivity index is 0. The molecule has 0 nitrogen and oxygen atoms in total. The zero-order valence-corrected chi connectivity index (χ0v) is 11.2. The van der Waals surface area contributed by atoms with Crippen LogP contribution in [0.2, 0.25) is 0 Å². The van der Waals surface area contributed by atoms with Crippen molar-refractivity contribution in [2.75, 3.05) is 0 Å². The summed E-state index contributed by atoms with van der Waals surface area (Å²) >= 11 is 0. The normalized spacial score (nSPS) is 0. The molecule has 53 valence electrons. The summed E-state index contributed by atoms with van der Waals surface area (Å²) in [5.74, 6) is 0. The summed E-state index contributed by atoms with van der Waals surface area (Å²) in [7, 11) is 0. The zero-order chi connectivity index (χ0) is 0. The van der Waals surface area contributed by atoms with Gasteiger partial charge in [0, 0.05) is 35.6 Å². The third kappa shape index (κ3) is 112. The summed E-state index contributed by atoms with van der Waals surface area (Å²) in [4.78, 5) is 0. The maximum atomic E-state index is 0. The van der Waals surface area contributed by atoms with Gasteiger partial charge in [0.25, 0.3) is 0 Å². The Bertz CT molecular complexity index is 13.0. The molecule has 0 saturated carbocycles. The van der Waals surface area contributed by atoms with E-state index in [1.807, 2.05) is 0 Å². The van der Waals surface area contributed by atoms with Crippen molar-refractivity contribution in [3.05, 3.63) is 44.6 Å². The third-order valence-electron chi connectivity index (χ3n) is 0. The molecule has 0 heterocycles. The van der Waals surface area contributed by atoms with Crippen molar-refractivity contribution in [1.82, 2.24) is 0 Å². The van der Waals surface area contributed by atoms with Crippen LogP contribution in [0.15, 0.2) is 0 Å². The molecular weight excluding hydrogens is 218 g/mol. The molecule has 0 unspecified atom stereocenters. The van der Waals surface area contributed by atoms with E-state index in [1.165, 1.54) is 0 Å². The second kappa shape index (κ2) is 166. The van der Waals surface area contributed by atoms with E-state index in [0.29, 0.717) is 0 Å². The molecule has 0 rings (SSSR count). The van der Waals surface area contributed by atoms with E-state index < -0.39 is 0 Å². The standard InChI is InChI=1S/6CH3.La.Li.H/h6*1H3;;;/q6*-1;;+1;-1. The second-order valence-corrected chi connectivity index (χ2v) is 0. The van der Waals surface area contributed by atoms with Crippen molar-refractivity contribution in [2.24, 2.45) is 0 Å². The van der Waals surface area contributed by atoms with E-state index >= 15 is 0 Å². The molecule has 8 heavy (non-hydrogen) atoms. The Morgan fingerprint density at radius 2 is 0.500 bits per heavy atom. The Kier molecular flexibility index (Phi) is 4900. The summed E-state index contributed by atoms with van der Waals surface area (Å²) in [6, 6.07) is 0. The molecule has 0 fully saturated rings. The van der Waals surface area contributed by atoms with Crippen LogP contribution >= 0.6 is 0 Å². The molecular formula is C6H19LaLi-6. The van der Waals surface area contributed by atoms with E-state index in [-0.39, 0.29) is 100 Å². The van der Waals surface area contributed by atoms with Crippen molar-refractivity contribution < 1.29 is 55.9 Å². The van der Waals surface area contributed by atoms with Crippen LogP contribution in [0.4, 0.5) is 0 Å². The number of hydrogen-bond acceptors (Lipinski definition) is 0. The molecule has 1 radical (unpaired) electrons. The SMILES string of the molecule is [CH3-].[CH3-].[CH3-].[CH3-].[CH3-].[CH3-].[H-].[La].[Li+]. The van der Waals surface area contributed by atoms with Crippen molar-refractivity contribution in [3.63, 3.8) is 0 Å². The molecule has 0 saturated heterocycles. The van der Waals surface area contributed by atoms with Crippen molar-refractivity contribution in [3.8, 4) is 0 Å². The molecule has 0 aliphatic rings. The van der Waals surface area contributed by atoms with Gasteiger partial charge in [0.15, 0.2) is 0 Å². The Labute approximate surface area is 99.5 Å². The molecule has 0 aromatic carbocycles. The van der Waals surface area contributed by atoms with Crippen molar-refractivity contribution in [1.29, 1.82) is 0 Å². The molecule has 0 N–H and O–H groups in total. The van der Waals surface area contributed by atoms with Gasteiger partial charge in [-0.1, -0.05) is 0 Å². The van der Waals surface area contributed by atoms with E-state index in [4.69, 9.17) is 0 Å². The quantitative estimate of drug-likeness (QED) is 0.405. The molecule has 0 aliphatic heterocycles. The minimum absolute atomic E-state index is 0. The van der Waals surface area contributed by atoms with Crippen LogP contribution in [-0.2, 0) is 0 Å². The molecule has 0 atom stereocenters.